The van der Waals surface area contributed by atoms with Crippen LogP contribution in [0.15, 0.2) is 75.9 Å². The van der Waals surface area contributed by atoms with Crippen molar-refractivity contribution >= 4 is 11.9 Å². The molecule has 0 radical (unpaired) electrons. The maximum Gasteiger partial charge on any atom is 0.378 e. The van der Waals surface area contributed by atoms with Gasteiger partial charge in [-0.2, -0.15) is 0 Å². The van der Waals surface area contributed by atoms with Crippen LogP contribution in [0.4, 0.5) is 0 Å². The van der Waals surface area contributed by atoms with E-state index in [1.165, 1.54) is 6.07 Å². The summed E-state index contributed by atoms with van der Waals surface area (Å²) in [6, 6.07) is 19.5. The van der Waals surface area contributed by atoms with Gasteiger partial charge >= 0.3 is 11.6 Å². The Hall–Kier alpha value is -3.87. The molecule has 160 valence electrons. The topological polar surface area (TPSA) is 117 Å². The average molecular weight is 421 g/mol. The molecule has 7 heteroatoms. The smallest absolute Gasteiger partial charge is 0.378 e. The lowest BCUT2D eigenvalue weighted by atomic mass is 9.95. The van der Waals surface area contributed by atoms with Crippen molar-refractivity contribution in [3.05, 3.63) is 88.5 Å². The summed E-state index contributed by atoms with van der Waals surface area (Å²) >= 11 is 0. The van der Waals surface area contributed by atoms with E-state index >= 15 is 0 Å². The van der Waals surface area contributed by atoms with E-state index in [9.17, 15) is 24.6 Å². The summed E-state index contributed by atoms with van der Waals surface area (Å²) in [4.78, 5) is 35.3. The summed E-state index contributed by atoms with van der Waals surface area (Å²) in [7, 11) is 0. The number of benzene rings is 2. The Bertz CT molecular complexity index is 1100. The van der Waals surface area contributed by atoms with Gasteiger partial charge in [-0.05, 0) is 41.7 Å². The van der Waals surface area contributed by atoms with Gasteiger partial charge < -0.3 is 19.9 Å². The first-order valence-electron chi connectivity index (χ1n) is 9.84. The molecule has 0 aliphatic heterocycles. The number of aromatic hydroxyl groups is 1. The number of carbonyl (C=O) groups is 2. The van der Waals surface area contributed by atoms with Gasteiger partial charge in [0.25, 0.3) is 5.91 Å². The molecule has 3 aromatic rings. The number of nitrogens with one attached hydrogen (secondary N) is 1. The number of carboxylic acid groups (broad SMARTS) is 1. The van der Waals surface area contributed by atoms with Gasteiger partial charge in [0.15, 0.2) is 5.76 Å². The summed E-state index contributed by atoms with van der Waals surface area (Å²) in [5, 5.41) is 21.3. The number of hydrogen-bond acceptors (Lipinski definition) is 5. The van der Waals surface area contributed by atoms with Crippen LogP contribution in [0.3, 0.4) is 0 Å². The minimum atomic E-state index is -1.01. The minimum Gasteiger partial charge on any atom is -0.502 e. The molecule has 0 spiro atoms. The first-order valence-corrected chi connectivity index (χ1v) is 9.84. The third kappa shape index (κ3) is 5.82. The zero-order chi connectivity index (χ0) is 22.4. The Labute approximate surface area is 179 Å². The van der Waals surface area contributed by atoms with Gasteiger partial charge in [-0.15, -0.1) is 0 Å². The Morgan fingerprint density at radius 1 is 0.968 bits per heavy atom. The SMILES string of the molecule is C[C@H](CC(Cc1ccc(-c2ccccc2)cc1)NC(=O)c1ccc(O)c(=O)o1)C(=O)O. The van der Waals surface area contributed by atoms with Crippen LogP contribution in [0, 0.1) is 5.92 Å². The predicted octanol–water partition coefficient (Wildman–Crippen LogP) is 3.46. The lowest BCUT2D eigenvalue weighted by Gasteiger charge is -2.21. The van der Waals surface area contributed by atoms with Crippen LogP contribution in [-0.2, 0) is 11.2 Å². The molecular weight excluding hydrogens is 398 g/mol. The molecule has 0 aliphatic rings. The molecule has 0 fully saturated rings. The van der Waals surface area contributed by atoms with Crippen molar-refractivity contribution in [3.63, 3.8) is 0 Å². The van der Waals surface area contributed by atoms with Gasteiger partial charge in [-0.3, -0.25) is 9.59 Å². The summed E-state index contributed by atoms with van der Waals surface area (Å²) < 4.78 is 4.80. The largest absolute Gasteiger partial charge is 0.502 e. The highest BCUT2D eigenvalue weighted by atomic mass is 16.4. The van der Waals surface area contributed by atoms with Gasteiger partial charge in [-0.1, -0.05) is 61.5 Å². The first-order chi connectivity index (χ1) is 14.8. The van der Waals surface area contributed by atoms with Gasteiger partial charge in [0.2, 0.25) is 5.75 Å². The molecule has 0 saturated heterocycles. The molecule has 1 amide bonds. The third-order valence-electron chi connectivity index (χ3n) is 4.97. The van der Waals surface area contributed by atoms with E-state index in [0.29, 0.717) is 6.42 Å². The van der Waals surface area contributed by atoms with E-state index < -0.39 is 35.2 Å². The molecule has 7 nitrogen and oxygen atoms in total. The predicted molar refractivity (Wildman–Crippen MR) is 115 cm³/mol. The highest BCUT2D eigenvalue weighted by Gasteiger charge is 2.22. The van der Waals surface area contributed by atoms with E-state index in [1.807, 2.05) is 54.6 Å². The summed E-state index contributed by atoms with van der Waals surface area (Å²) in [5.41, 5.74) is 2.05. The molecule has 1 aromatic heterocycles. The van der Waals surface area contributed by atoms with E-state index in [1.54, 1.807) is 6.92 Å². The standard InChI is InChI=1S/C24H23NO6/c1-15(23(28)29)13-19(25-22(27)21-12-11-20(26)24(30)31-21)14-16-7-9-18(10-8-16)17-5-3-2-4-6-17/h2-12,15,19,26H,13-14H2,1H3,(H,25,27)(H,28,29)/t15-,19?/m1/s1. The molecule has 1 unspecified atom stereocenters. The number of hydrogen-bond donors (Lipinski definition) is 3. The molecule has 31 heavy (non-hydrogen) atoms. The zero-order valence-electron chi connectivity index (χ0n) is 16.9. The molecular formula is C24H23NO6. The van der Waals surface area contributed by atoms with Gasteiger partial charge in [0.05, 0.1) is 5.92 Å². The van der Waals surface area contributed by atoms with Crippen molar-refractivity contribution < 1.29 is 24.2 Å². The quantitative estimate of drug-likeness (QED) is 0.513. The van der Waals surface area contributed by atoms with Crippen LogP contribution in [-0.4, -0.2) is 28.1 Å². The van der Waals surface area contributed by atoms with Gasteiger partial charge in [0.1, 0.15) is 0 Å². The zero-order valence-corrected chi connectivity index (χ0v) is 16.9. The monoisotopic (exact) mass is 421 g/mol. The van der Waals surface area contributed by atoms with Gasteiger partial charge in [-0.25, -0.2) is 4.79 Å². The van der Waals surface area contributed by atoms with Crippen molar-refractivity contribution in [2.24, 2.45) is 5.92 Å². The lowest BCUT2D eigenvalue weighted by molar-refractivity contribution is -0.141. The van der Waals surface area contributed by atoms with E-state index in [0.717, 1.165) is 22.8 Å². The maximum atomic E-state index is 12.5. The molecule has 1 heterocycles. The van der Waals surface area contributed by atoms with E-state index in [-0.39, 0.29) is 12.2 Å². The van der Waals surface area contributed by atoms with Crippen molar-refractivity contribution in [1.82, 2.24) is 5.32 Å². The van der Waals surface area contributed by atoms with E-state index in [4.69, 9.17) is 4.42 Å². The van der Waals surface area contributed by atoms with Gasteiger partial charge in [0, 0.05) is 6.04 Å². The number of aliphatic carboxylic acids is 1. The summed E-state index contributed by atoms with van der Waals surface area (Å²) in [6.07, 6.45) is 0.602. The lowest BCUT2D eigenvalue weighted by Crippen LogP contribution is -2.38. The number of amides is 1. The molecule has 0 aliphatic carbocycles. The molecule has 2 atom stereocenters. The second-order valence-corrected chi connectivity index (χ2v) is 7.38. The molecule has 3 N–H and O–H groups in total. The van der Waals surface area contributed by atoms with Crippen LogP contribution in [0.25, 0.3) is 11.1 Å². The first kappa shape index (κ1) is 21.8. The van der Waals surface area contributed by atoms with E-state index in [2.05, 4.69) is 5.32 Å². The molecule has 2 aromatic carbocycles. The van der Waals surface area contributed by atoms with Crippen LogP contribution in [0.5, 0.6) is 5.75 Å². The highest BCUT2D eigenvalue weighted by Crippen LogP contribution is 2.21. The Morgan fingerprint density at radius 3 is 2.23 bits per heavy atom. The maximum absolute atomic E-state index is 12.5. The fourth-order valence-corrected chi connectivity index (χ4v) is 3.26. The molecule has 0 bridgehead atoms. The second-order valence-electron chi connectivity index (χ2n) is 7.38. The van der Waals surface area contributed by atoms with Crippen molar-refractivity contribution in [3.8, 4) is 16.9 Å². The average Bonchev–Trinajstić information content (AvgIpc) is 2.76. The number of rotatable bonds is 8. The summed E-state index contributed by atoms with van der Waals surface area (Å²) in [5.74, 6) is -3.14. The van der Waals surface area contributed by atoms with Crippen molar-refractivity contribution in [2.75, 3.05) is 0 Å². The third-order valence-corrected chi connectivity index (χ3v) is 4.97. The fraction of sp³-hybridized carbons (Fsp3) is 0.208. The van der Waals surface area contributed by atoms with Crippen LogP contribution < -0.4 is 10.9 Å². The minimum absolute atomic E-state index is 0.198. The van der Waals surface area contributed by atoms with Crippen LogP contribution in [0.2, 0.25) is 0 Å². The fourth-order valence-electron chi connectivity index (χ4n) is 3.26. The normalized spacial score (nSPS) is 12.7. The number of carbonyl (C=O) groups excluding carboxylic acids is 1. The second kappa shape index (κ2) is 9.75. The van der Waals surface area contributed by atoms with Crippen molar-refractivity contribution in [1.29, 1.82) is 0 Å². The van der Waals surface area contributed by atoms with Crippen LogP contribution in [0.1, 0.15) is 29.5 Å². The highest BCUT2D eigenvalue weighted by molar-refractivity contribution is 5.91. The molecule has 0 saturated carbocycles. The number of carboxylic acids is 1. The van der Waals surface area contributed by atoms with Crippen molar-refractivity contribution in [2.45, 2.75) is 25.8 Å². The summed E-state index contributed by atoms with van der Waals surface area (Å²) in [6.45, 7) is 1.57. The molecule has 3 rings (SSSR count). The Balaban J connectivity index is 1.76. The Kier molecular flexibility index (Phi) is 6.87. The van der Waals surface area contributed by atoms with Crippen LogP contribution >= 0.6 is 0 Å². The Morgan fingerprint density at radius 2 is 1.61 bits per heavy atom.